The summed E-state index contributed by atoms with van der Waals surface area (Å²) in [7, 11) is 0. The lowest BCUT2D eigenvalue weighted by Gasteiger charge is -2.09. The van der Waals surface area contributed by atoms with Gasteiger partial charge in [0.05, 0.1) is 27.8 Å². The molecule has 0 aliphatic rings. The fraction of sp³-hybridized carbons (Fsp3) is 0.0870. The molecule has 34 heavy (non-hydrogen) atoms. The van der Waals surface area contributed by atoms with E-state index in [0.717, 1.165) is 10.9 Å². The third-order valence-corrected chi connectivity index (χ3v) is 6.01. The summed E-state index contributed by atoms with van der Waals surface area (Å²) < 4.78 is 21.5. The Bertz CT molecular complexity index is 1780. The van der Waals surface area contributed by atoms with Crippen LogP contribution in [0.5, 0.6) is 0 Å². The molecule has 0 bridgehead atoms. The van der Waals surface area contributed by atoms with Gasteiger partial charge in [0.15, 0.2) is 4.96 Å². The van der Waals surface area contributed by atoms with Crippen LogP contribution in [0.15, 0.2) is 69.1 Å². The second kappa shape index (κ2) is 8.19. The van der Waals surface area contributed by atoms with Crippen LogP contribution in [0.2, 0.25) is 0 Å². The van der Waals surface area contributed by atoms with Crippen LogP contribution < -0.4 is 16.8 Å². The number of carbonyl (C=O) groups excluding carboxylic acids is 1. The minimum Gasteiger partial charge on any atom is -0.456 e. The molecule has 5 rings (SSSR count). The summed E-state index contributed by atoms with van der Waals surface area (Å²) in [6, 6.07) is 10.7. The van der Waals surface area contributed by atoms with Crippen molar-refractivity contribution in [3.8, 4) is 5.69 Å². The standard InChI is InChI=1S/C23H15FN4O5S/c1-12-10-27-19(29)9-14(25-23(27)34-12)11-33-21(31)13-6-7-15-17(8-13)26-22(32)28(20(15)30)18-5-3-2-4-16(18)24/h2-10H,11H2,1H3,(H,26,32). The Morgan fingerprint density at radius 3 is 2.74 bits per heavy atom. The highest BCUT2D eigenvalue weighted by Crippen LogP contribution is 2.15. The summed E-state index contributed by atoms with van der Waals surface area (Å²) in [4.78, 5) is 58.4. The van der Waals surface area contributed by atoms with Crippen molar-refractivity contribution in [1.82, 2.24) is 18.9 Å². The number of benzene rings is 2. The number of carbonyl (C=O) groups is 1. The number of thiazole rings is 1. The number of aromatic amines is 1. The molecule has 3 heterocycles. The lowest BCUT2D eigenvalue weighted by Crippen LogP contribution is -2.34. The Morgan fingerprint density at radius 1 is 1.15 bits per heavy atom. The second-order valence-corrected chi connectivity index (χ2v) is 8.65. The number of nitrogens with one attached hydrogen (secondary N) is 1. The normalized spacial score (nSPS) is 11.2. The van der Waals surface area contributed by atoms with E-state index in [4.69, 9.17) is 4.74 Å². The van der Waals surface area contributed by atoms with Gasteiger partial charge in [0, 0.05) is 17.1 Å². The van der Waals surface area contributed by atoms with E-state index in [9.17, 15) is 23.6 Å². The Labute approximate surface area is 193 Å². The van der Waals surface area contributed by atoms with E-state index in [2.05, 4.69) is 9.97 Å². The minimum atomic E-state index is -0.850. The number of aromatic nitrogens is 4. The maximum Gasteiger partial charge on any atom is 0.338 e. The Balaban J connectivity index is 1.44. The van der Waals surface area contributed by atoms with Crippen molar-refractivity contribution in [2.45, 2.75) is 13.5 Å². The number of aryl methyl sites for hydroxylation is 1. The molecule has 5 aromatic rings. The number of hydrogen-bond donors (Lipinski definition) is 1. The maximum atomic E-state index is 14.1. The van der Waals surface area contributed by atoms with Gasteiger partial charge < -0.3 is 9.72 Å². The molecule has 0 atom stereocenters. The molecular formula is C23H15FN4O5S. The van der Waals surface area contributed by atoms with E-state index >= 15 is 0 Å². The van der Waals surface area contributed by atoms with Gasteiger partial charge in [-0.15, -0.1) is 11.3 Å². The van der Waals surface area contributed by atoms with E-state index in [-0.39, 0.29) is 34.3 Å². The lowest BCUT2D eigenvalue weighted by atomic mass is 10.1. The lowest BCUT2D eigenvalue weighted by molar-refractivity contribution is 0.0468. The SMILES string of the molecule is Cc1cn2c(=O)cc(COC(=O)c3ccc4c(=O)n(-c5ccccc5F)c(=O)[nH]c4c3)nc2s1. The molecule has 0 aliphatic heterocycles. The highest BCUT2D eigenvalue weighted by atomic mass is 32.1. The van der Waals surface area contributed by atoms with Crippen molar-refractivity contribution in [3.05, 3.63) is 108 Å². The Morgan fingerprint density at radius 2 is 1.94 bits per heavy atom. The number of para-hydroxylation sites is 1. The van der Waals surface area contributed by atoms with Crippen LogP contribution in [0.4, 0.5) is 4.39 Å². The predicted molar refractivity (Wildman–Crippen MR) is 123 cm³/mol. The van der Waals surface area contributed by atoms with Crippen LogP contribution in [-0.2, 0) is 11.3 Å². The fourth-order valence-corrected chi connectivity index (χ4v) is 4.40. The molecule has 3 aromatic heterocycles. The molecule has 1 N–H and O–H groups in total. The third-order valence-electron chi connectivity index (χ3n) is 5.11. The van der Waals surface area contributed by atoms with Gasteiger partial charge in [0.25, 0.3) is 11.1 Å². The molecule has 0 saturated carbocycles. The zero-order valence-corrected chi connectivity index (χ0v) is 18.4. The number of H-pyrrole nitrogens is 1. The second-order valence-electron chi connectivity index (χ2n) is 7.44. The van der Waals surface area contributed by atoms with Crippen molar-refractivity contribution < 1.29 is 13.9 Å². The summed E-state index contributed by atoms with van der Waals surface area (Å²) in [5.74, 6) is -1.45. The van der Waals surface area contributed by atoms with Gasteiger partial charge in [-0.3, -0.25) is 14.0 Å². The zero-order chi connectivity index (χ0) is 24.0. The van der Waals surface area contributed by atoms with Gasteiger partial charge in [-0.25, -0.2) is 23.5 Å². The number of rotatable bonds is 4. The van der Waals surface area contributed by atoms with Crippen molar-refractivity contribution in [3.63, 3.8) is 0 Å². The quantitative estimate of drug-likeness (QED) is 0.397. The molecule has 0 radical (unpaired) electrons. The van der Waals surface area contributed by atoms with Gasteiger partial charge >= 0.3 is 11.7 Å². The monoisotopic (exact) mass is 478 g/mol. The summed E-state index contributed by atoms with van der Waals surface area (Å²) in [6.07, 6.45) is 1.68. The average molecular weight is 478 g/mol. The molecule has 0 spiro atoms. The number of esters is 1. The molecule has 0 amide bonds. The van der Waals surface area contributed by atoms with Gasteiger partial charge in [-0.2, -0.15) is 0 Å². The topological polar surface area (TPSA) is 116 Å². The van der Waals surface area contributed by atoms with Gasteiger partial charge in [0.1, 0.15) is 12.4 Å². The number of nitrogens with zero attached hydrogens (tertiary/aromatic N) is 3. The summed E-state index contributed by atoms with van der Waals surface area (Å²) >= 11 is 1.34. The van der Waals surface area contributed by atoms with Gasteiger partial charge in [0.2, 0.25) is 0 Å². The van der Waals surface area contributed by atoms with Crippen molar-refractivity contribution in [1.29, 1.82) is 0 Å². The predicted octanol–water partition coefficient (Wildman–Crippen LogP) is 2.55. The Kier molecular flexibility index (Phi) is 5.17. The molecule has 0 saturated heterocycles. The van der Waals surface area contributed by atoms with Crippen LogP contribution >= 0.6 is 11.3 Å². The van der Waals surface area contributed by atoms with E-state index in [1.807, 2.05) is 6.92 Å². The Hall–Kier alpha value is -4.38. The molecule has 2 aromatic carbocycles. The molecule has 11 heteroatoms. The van der Waals surface area contributed by atoms with Crippen LogP contribution in [0.1, 0.15) is 20.9 Å². The van der Waals surface area contributed by atoms with Crippen molar-refractivity contribution >= 4 is 33.2 Å². The smallest absolute Gasteiger partial charge is 0.338 e. The molecular weight excluding hydrogens is 463 g/mol. The number of fused-ring (bicyclic) bond motifs is 2. The highest BCUT2D eigenvalue weighted by molar-refractivity contribution is 7.16. The third kappa shape index (κ3) is 3.71. The molecule has 0 unspecified atom stereocenters. The van der Waals surface area contributed by atoms with Gasteiger partial charge in [-0.05, 0) is 37.3 Å². The van der Waals surface area contributed by atoms with Crippen LogP contribution in [0.3, 0.4) is 0 Å². The largest absolute Gasteiger partial charge is 0.456 e. The first-order chi connectivity index (χ1) is 16.3. The zero-order valence-electron chi connectivity index (χ0n) is 17.6. The number of ether oxygens (including phenoxy) is 1. The van der Waals surface area contributed by atoms with Crippen molar-refractivity contribution in [2.75, 3.05) is 0 Å². The molecule has 0 fully saturated rings. The van der Waals surface area contributed by atoms with Crippen molar-refractivity contribution in [2.24, 2.45) is 0 Å². The van der Waals surface area contributed by atoms with Gasteiger partial charge in [-0.1, -0.05) is 12.1 Å². The van der Waals surface area contributed by atoms with Crippen LogP contribution in [0.25, 0.3) is 21.6 Å². The van der Waals surface area contributed by atoms with Crippen LogP contribution in [-0.4, -0.2) is 24.9 Å². The van der Waals surface area contributed by atoms with E-state index in [0.29, 0.717) is 15.2 Å². The summed E-state index contributed by atoms with van der Waals surface area (Å²) in [5.41, 5.74) is -1.57. The maximum absolute atomic E-state index is 14.1. The first-order valence-corrected chi connectivity index (χ1v) is 10.8. The summed E-state index contributed by atoms with van der Waals surface area (Å²) in [6.45, 7) is 1.62. The van der Waals surface area contributed by atoms with Crippen LogP contribution in [0, 0.1) is 12.7 Å². The minimum absolute atomic E-state index is 0.0796. The first kappa shape index (κ1) is 21.5. The summed E-state index contributed by atoms with van der Waals surface area (Å²) in [5, 5.41) is 0.0904. The average Bonchev–Trinajstić information content (AvgIpc) is 3.19. The molecule has 9 nitrogen and oxygen atoms in total. The first-order valence-electron chi connectivity index (χ1n) is 10.0. The molecule has 0 aliphatic carbocycles. The van der Waals surface area contributed by atoms with E-state index in [1.165, 1.54) is 58.2 Å². The highest BCUT2D eigenvalue weighted by Gasteiger charge is 2.16. The fourth-order valence-electron chi connectivity index (χ4n) is 3.55. The number of halogens is 1. The molecule has 170 valence electrons. The van der Waals surface area contributed by atoms with E-state index in [1.54, 1.807) is 6.20 Å². The van der Waals surface area contributed by atoms with E-state index < -0.39 is 23.0 Å². The number of hydrogen-bond acceptors (Lipinski definition) is 7.